The van der Waals surface area contributed by atoms with Crippen LogP contribution in [0.5, 0.6) is 5.75 Å². The van der Waals surface area contributed by atoms with E-state index in [1.807, 2.05) is 31.2 Å². The van der Waals surface area contributed by atoms with Crippen molar-refractivity contribution >= 4 is 11.6 Å². The van der Waals surface area contributed by atoms with Gasteiger partial charge in [0, 0.05) is 23.4 Å². The van der Waals surface area contributed by atoms with Crippen LogP contribution in [0.3, 0.4) is 0 Å². The number of para-hydroxylation sites is 1. The largest absolute Gasteiger partial charge is 0.488 e. The average Bonchev–Trinajstić information content (AvgIpc) is 2.72. The van der Waals surface area contributed by atoms with E-state index < -0.39 is 5.91 Å². The third-order valence-electron chi connectivity index (χ3n) is 3.72. The van der Waals surface area contributed by atoms with Crippen molar-refractivity contribution in [2.75, 3.05) is 11.4 Å². The Morgan fingerprint density at radius 2 is 2.05 bits per heavy atom. The molecule has 2 N–H and O–H groups in total. The molecule has 5 heteroatoms. The average molecular weight is 298 g/mol. The number of rotatable bonds is 2. The number of carbonyl (C=O) groups excluding carboxylic acids is 1. The zero-order valence-corrected chi connectivity index (χ0v) is 12.3. The molecule has 22 heavy (non-hydrogen) atoms. The Labute approximate surface area is 129 Å². The van der Waals surface area contributed by atoms with E-state index in [-0.39, 0.29) is 6.10 Å². The second kappa shape index (κ2) is 6.07. The van der Waals surface area contributed by atoms with E-state index in [1.54, 1.807) is 17.6 Å². The highest BCUT2D eigenvalue weighted by Gasteiger charge is 2.21. The Morgan fingerprint density at radius 1 is 1.27 bits per heavy atom. The van der Waals surface area contributed by atoms with Crippen LogP contribution < -0.4 is 15.1 Å². The Bertz CT molecular complexity index is 673. The molecule has 0 aliphatic carbocycles. The van der Waals surface area contributed by atoms with Crippen LogP contribution in [0.1, 0.15) is 22.8 Å². The van der Waals surface area contributed by atoms with Crippen LogP contribution in [0.2, 0.25) is 0 Å². The number of fused-ring (bicyclic) bond motifs is 1. The first-order chi connectivity index (χ1) is 10.7. The van der Waals surface area contributed by atoms with Gasteiger partial charge in [0.2, 0.25) is 0 Å². The summed E-state index contributed by atoms with van der Waals surface area (Å²) in [5, 5.41) is 8.74. The highest BCUT2D eigenvalue weighted by molar-refractivity contribution is 5.93. The number of carbonyl (C=O) groups is 1. The highest BCUT2D eigenvalue weighted by atomic mass is 16.5. The summed E-state index contributed by atoms with van der Waals surface area (Å²) in [5.41, 5.74) is 4.18. The van der Waals surface area contributed by atoms with Gasteiger partial charge < -0.3 is 9.64 Å². The standard InChI is InChI=1S/C17H18N2O3/c1-12-10-19(15-5-3-2-4-6-15)11-14-8-7-13(17(20)18-21)9-16(14)22-12/h2-9,12,21H,10-11H2,1H3,(H,18,20)/t12-/m1/s1. The lowest BCUT2D eigenvalue weighted by atomic mass is 10.1. The van der Waals surface area contributed by atoms with Crippen LogP contribution in [0.4, 0.5) is 5.69 Å². The molecule has 0 bridgehead atoms. The summed E-state index contributed by atoms with van der Waals surface area (Å²) in [6, 6.07) is 15.4. The molecule has 1 amide bonds. The zero-order valence-electron chi connectivity index (χ0n) is 12.3. The second-order valence-corrected chi connectivity index (χ2v) is 5.41. The predicted octanol–water partition coefficient (Wildman–Crippen LogP) is 2.59. The van der Waals surface area contributed by atoms with E-state index in [2.05, 4.69) is 17.0 Å². The third-order valence-corrected chi connectivity index (χ3v) is 3.72. The molecule has 0 saturated carbocycles. The van der Waals surface area contributed by atoms with E-state index in [0.29, 0.717) is 17.9 Å². The molecule has 5 nitrogen and oxygen atoms in total. The molecule has 0 aromatic heterocycles. The second-order valence-electron chi connectivity index (χ2n) is 5.41. The van der Waals surface area contributed by atoms with Crippen LogP contribution in [0.25, 0.3) is 0 Å². The van der Waals surface area contributed by atoms with Crippen molar-refractivity contribution in [1.82, 2.24) is 5.48 Å². The van der Waals surface area contributed by atoms with Crippen LogP contribution in [-0.4, -0.2) is 23.8 Å². The van der Waals surface area contributed by atoms with E-state index in [4.69, 9.17) is 9.94 Å². The molecule has 0 saturated heterocycles. The lowest BCUT2D eigenvalue weighted by Gasteiger charge is -2.24. The van der Waals surface area contributed by atoms with Gasteiger partial charge in [-0.1, -0.05) is 24.3 Å². The number of nitrogens with zero attached hydrogens (tertiary/aromatic N) is 1. The number of hydrogen-bond acceptors (Lipinski definition) is 4. The maximum atomic E-state index is 11.5. The monoisotopic (exact) mass is 298 g/mol. The fourth-order valence-electron chi connectivity index (χ4n) is 2.67. The molecule has 0 radical (unpaired) electrons. The van der Waals surface area contributed by atoms with E-state index in [9.17, 15) is 4.79 Å². The van der Waals surface area contributed by atoms with Crippen LogP contribution in [0, 0.1) is 0 Å². The Balaban J connectivity index is 1.93. The first-order valence-corrected chi connectivity index (χ1v) is 7.21. The van der Waals surface area contributed by atoms with Gasteiger partial charge in [0.1, 0.15) is 11.9 Å². The molecule has 3 rings (SSSR count). The fraction of sp³-hybridized carbons (Fsp3) is 0.235. The van der Waals surface area contributed by atoms with Crippen LogP contribution in [0.15, 0.2) is 48.5 Å². The first-order valence-electron chi connectivity index (χ1n) is 7.21. The molecule has 1 aliphatic heterocycles. The molecular formula is C17H18N2O3. The number of ether oxygens (including phenoxy) is 1. The topological polar surface area (TPSA) is 61.8 Å². The summed E-state index contributed by atoms with van der Waals surface area (Å²) in [7, 11) is 0. The normalized spacial score (nSPS) is 17.2. The lowest BCUT2D eigenvalue weighted by molar-refractivity contribution is 0.0705. The van der Waals surface area contributed by atoms with Gasteiger partial charge in [-0.25, -0.2) is 5.48 Å². The number of amides is 1. The molecule has 1 atom stereocenters. The van der Waals surface area contributed by atoms with Crippen molar-refractivity contribution < 1.29 is 14.7 Å². The molecular weight excluding hydrogens is 280 g/mol. The molecule has 1 aliphatic rings. The van der Waals surface area contributed by atoms with E-state index in [0.717, 1.165) is 17.8 Å². The summed E-state index contributed by atoms with van der Waals surface area (Å²) < 4.78 is 5.94. The summed E-state index contributed by atoms with van der Waals surface area (Å²) in [6.07, 6.45) is -0.00565. The molecule has 1 heterocycles. The number of hydrogen-bond donors (Lipinski definition) is 2. The quantitative estimate of drug-likeness (QED) is 0.661. The van der Waals surface area contributed by atoms with Crippen molar-refractivity contribution in [3.8, 4) is 5.75 Å². The lowest BCUT2D eigenvalue weighted by Crippen LogP contribution is -2.30. The van der Waals surface area contributed by atoms with Crippen molar-refractivity contribution in [1.29, 1.82) is 0 Å². The Morgan fingerprint density at radius 3 is 2.77 bits per heavy atom. The third kappa shape index (κ3) is 2.89. The zero-order chi connectivity index (χ0) is 15.5. The number of benzene rings is 2. The van der Waals surface area contributed by atoms with Crippen molar-refractivity contribution in [2.45, 2.75) is 19.6 Å². The SMILES string of the molecule is C[C@@H]1CN(c2ccccc2)Cc2ccc(C(=O)NO)cc2O1. The van der Waals surface area contributed by atoms with Crippen LogP contribution in [-0.2, 0) is 6.54 Å². The maximum absolute atomic E-state index is 11.5. The minimum atomic E-state index is -0.539. The molecule has 0 spiro atoms. The molecule has 0 unspecified atom stereocenters. The van der Waals surface area contributed by atoms with Gasteiger partial charge in [-0.3, -0.25) is 10.0 Å². The predicted molar refractivity (Wildman–Crippen MR) is 83.3 cm³/mol. The summed E-state index contributed by atoms with van der Waals surface area (Å²) in [6.45, 7) is 3.48. The van der Waals surface area contributed by atoms with Gasteiger partial charge in [-0.15, -0.1) is 0 Å². The summed E-state index contributed by atoms with van der Waals surface area (Å²) >= 11 is 0. The Kier molecular flexibility index (Phi) is 3.98. The number of nitrogens with one attached hydrogen (secondary N) is 1. The number of hydroxylamine groups is 1. The van der Waals surface area contributed by atoms with Crippen LogP contribution >= 0.6 is 0 Å². The van der Waals surface area contributed by atoms with Crippen molar-refractivity contribution in [3.63, 3.8) is 0 Å². The van der Waals surface area contributed by atoms with Gasteiger partial charge in [0.15, 0.2) is 0 Å². The van der Waals surface area contributed by atoms with E-state index in [1.165, 1.54) is 0 Å². The summed E-state index contributed by atoms with van der Waals surface area (Å²) in [5.74, 6) is 0.148. The van der Waals surface area contributed by atoms with Gasteiger partial charge in [0.25, 0.3) is 5.91 Å². The highest BCUT2D eigenvalue weighted by Crippen LogP contribution is 2.29. The minimum Gasteiger partial charge on any atom is -0.488 e. The maximum Gasteiger partial charge on any atom is 0.274 e. The van der Waals surface area contributed by atoms with Crippen molar-refractivity contribution in [3.05, 3.63) is 59.7 Å². The Hall–Kier alpha value is -2.53. The fourth-order valence-corrected chi connectivity index (χ4v) is 2.67. The first kappa shape index (κ1) is 14.4. The van der Waals surface area contributed by atoms with Gasteiger partial charge in [0.05, 0.1) is 6.54 Å². The van der Waals surface area contributed by atoms with Crippen molar-refractivity contribution in [2.24, 2.45) is 0 Å². The number of anilines is 1. The van der Waals surface area contributed by atoms with Gasteiger partial charge in [-0.2, -0.15) is 0 Å². The molecule has 0 fully saturated rings. The molecule has 2 aromatic rings. The van der Waals surface area contributed by atoms with Gasteiger partial charge in [-0.05, 0) is 31.2 Å². The van der Waals surface area contributed by atoms with Gasteiger partial charge >= 0.3 is 0 Å². The molecule has 2 aromatic carbocycles. The summed E-state index contributed by atoms with van der Waals surface area (Å²) in [4.78, 5) is 13.8. The van der Waals surface area contributed by atoms with E-state index >= 15 is 0 Å². The molecule has 114 valence electrons. The minimum absolute atomic E-state index is 0.00565. The smallest absolute Gasteiger partial charge is 0.274 e.